The van der Waals surface area contributed by atoms with E-state index in [-0.39, 0.29) is 17.4 Å². The summed E-state index contributed by atoms with van der Waals surface area (Å²) in [7, 11) is 0. The lowest BCUT2D eigenvalue weighted by atomic mass is 9.89. The number of aromatic nitrogens is 1. The van der Waals surface area contributed by atoms with E-state index in [4.69, 9.17) is 0 Å². The summed E-state index contributed by atoms with van der Waals surface area (Å²) in [6.07, 6.45) is 5.21. The Labute approximate surface area is 145 Å². The van der Waals surface area contributed by atoms with Crippen LogP contribution in [0.15, 0.2) is 53.1 Å². The third-order valence-corrected chi connectivity index (χ3v) is 5.28. The Balaban J connectivity index is 1.57. The summed E-state index contributed by atoms with van der Waals surface area (Å²) < 4.78 is 1.09. The Bertz CT molecular complexity index is 666. The van der Waals surface area contributed by atoms with Crippen LogP contribution in [0.1, 0.15) is 37.4 Å². The molecular weight excluding hydrogens is 352 g/mol. The molecule has 3 nitrogen and oxygen atoms in total. The maximum absolute atomic E-state index is 12.2. The summed E-state index contributed by atoms with van der Waals surface area (Å²) in [5.41, 5.74) is 2.39. The lowest BCUT2D eigenvalue weighted by Crippen LogP contribution is -2.41. The molecule has 23 heavy (non-hydrogen) atoms. The van der Waals surface area contributed by atoms with Crippen LogP contribution in [0.2, 0.25) is 0 Å². The maximum Gasteiger partial charge on any atom is 0.220 e. The van der Waals surface area contributed by atoms with Crippen LogP contribution in [0.5, 0.6) is 0 Å². The molecule has 0 spiro atoms. The fraction of sp³-hybridized carbons (Fsp3) is 0.368. The first kappa shape index (κ1) is 16.2. The fourth-order valence-electron chi connectivity index (χ4n) is 3.13. The monoisotopic (exact) mass is 372 g/mol. The van der Waals surface area contributed by atoms with Crippen LogP contribution in [-0.2, 0) is 16.6 Å². The lowest BCUT2D eigenvalue weighted by molar-refractivity contribution is -0.121. The molecule has 3 rings (SSSR count). The molecule has 1 atom stereocenters. The second-order valence-corrected chi connectivity index (χ2v) is 7.19. The van der Waals surface area contributed by atoms with Crippen LogP contribution in [-0.4, -0.2) is 16.9 Å². The number of hydrogen-bond donors (Lipinski definition) is 1. The van der Waals surface area contributed by atoms with Crippen molar-refractivity contribution in [3.05, 3.63) is 64.4 Å². The van der Waals surface area contributed by atoms with E-state index in [0.717, 1.165) is 23.0 Å². The zero-order valence-electron chi connectivity index (χ0n) is 13.3. The Morgan fingerprint density at radius 1 is 1.26 bits per heavy atom. The third kappa shape index (κ3) is 3.81. The van der Waals surface area contributed by atoms with Gasteiger partial charge in [0.15, 0.2) is 0 Å². The standard InChI is InChI=1S/C19H21BrN2O/c1-14(19(11-12-19)15-5-7-16(20)8-6-15)22-18(23)10-9-17-4-2-3-13-21-17/h2-8,13-14H,9-12H2,1H3,(H,22,23). The predicted octanol–water partition coefficient (Wildman–Crippen LogP) is 4.01. The molecule has 1 aromatic heterocycles. The molecule has 1 amide bonds. The number of hydrogen-bond acceptors (Lipinski definition) is 2. The Kier molecular flexibility index (Phi) is 4.81. The van der Waals surface area contributed by atoms with Crippen LogP contribution >= 0.6 is 15.9 Å². The van der Waals surface area contributed by atoms with E-state index in [9.17, 15) is 4.79 Å². The highest BCUT2D eigenvalue weighted by atomic mass is 79.9. The highest BCUT2D eigenvalue weighted by Gasteiger charge is 2.49. The van der Waals surface area contributed by atoms with Crippen LogP contribution < -0.4 is 5.32 Å². The van der Waals surface area contributed by atoms with Gasteiger partial charge in [0.05, 0.1) is 0 Å². The number of carbonyl (C=O) groups is 1. The van der Waals surface area contributed by atoms with E-state index in [1.54, 1.807) is 6.20 Å². The second kappa shape index (κ2) is 6.83. The van der Waals surface area contributed by atoms with Crippen molar-refractivity contribution in [2.24, 2.45) is 0 Å². The molecule has 2 aromatic rings. The first-order valence-corrected chi connectivity index (χ1v) is 8.85. The average molecular weight is 373 g/mol. The van der Waals surface area contributed by atoms with Crippen molar-refractivity contribution in [3.8, 4) is 0 Å². The fourth-order valence-corrected chi connectivity index (χ4v) is 3.39. The summed E-state index contributed by atoms with van der Waals surface area (Å²) in [6, 6.07) is 14.4. The van der Waals surface area contributed by atoms with E-state index in [0.29, 0.717) is 12.8 Å². The maximum atomic E-state index is 12.2. The molecule has 1 fully saturated rings. The van der Waals surface area contributed by atoms with Crippen LogP contribution in [0.3, 0.4) is 0 Å². The van der Waals surface area contributed by atoms with Gasteiger partial charge in [-0.2, -0.15) is 0 Å². The van der Waals surface area contributed by atoms with E-state index in [1.165, 1.54) is 5.56 Å². The first-order valence-electron chi connectivity index (χ1n) is 8.05. The van der Waals surface area contributed by atoms with Gasteiger partial charge in [0.25, 0.3) is 0 Å². The molecule has 120 valence electrons. The summed E-state index contributed by atoms with van der Waals surface area (Å²) in [5, 5.41) is 3.19. The van der Waals surface area contributed by atoms with Crippen molar-refractivity contribution >= 4 is 21.8 Å². The molecule has 0 bridgehead atoms. The molecule has 1 aromatic carbocycles. The highest BCUT2D eigenvalue weighted by molar-refractivity contribution is 9.10. The summed E-state index contributed by atoms with van der Waals surface area (Å²) in [6.45, 7) is 2.12. The van der Waals surface area contributed by atoms with Crippen LogP contribution in [0.25, 0.3) is 0 Å². The van der Waals surface area contributed by atoms with Crippen LogP contribution in [0.4, 0.5) is 0 Å². The van der Waals surface area contributed by atoms with Crippen molar-refractivity contribution in [1.29, 1.82) is 0 Å². The average Bonchev–Trinajstić information content (AvgIpc) is 3.36. The van der Waals surface area contributed by atoms with Crippen molar-refractivity contribution in [3.63, 3.8) is 0 Å². The predicted molar refractivity (Wildman–Crippen MR) is 95.2 cm³/mol. The number of amides is 1. The molecular formula is C19H21BrN2O. The van der Waals surface area contributed by atoms with Gasteiger partial charge in [0.1, 0.15) is 0 Å². The molecule has 4 heteroatoms. The molecule has 1 saturated carbocycles. The van der Waals surface area contributed by atoms with Gasteiger partial charge in [-0.05, 0) is 56.0 Å². The second-order valence-electron chi connectivity index (χ2n) is 6.27. The first-order chi connectivity index (χ1) is 11.1. The van der Waals surface area contributed by atoms with Gasteiger partial charge in [-0.1, -0.05) is 34.1 Å². The molecule has 0 radical (unpaired) electrons. The Hall–Kier alpha value is -1.68. The summed E-state index contributed by atoms with van der Waals surface area (Å²) in [5.74, 6) is 0.103. The lowest BCUT2D eigenvalue weighted by Gasteiger charge is -2.25. The van der Waals surface area contributed by atoms with E-state index in [2.05, 4.69) is 57.4 Å². The van der Waals surface area contributed by atoms with E-state index < -0.39 is 0 Å². The number of benzene rings is 1. The topological polar surface area (TPSA) is 42.0 Å². The minimum atomic E-state index is 0.103. The zero-order valence-corrected chi connectivity index (χ0v) is 14.8. The summed E-state index contributed by atoms with van der Waals surface area (Å²) >= 11 is 3.48. The van der Waals surface area contributed by atoms with Gasteiger partial charge in [0.2, 0.25) is 5.91 Å². The minimum Gasteiger partial charge on any atom is -0.353 e. The number of nitrogens with zero attached hydrogens (tertiary/aromatic N) is 1. The van der Waals surface area contributed by atoms with Crippen molar-refractivity contribution < 1.29 is 4.79 Å². The summed E-state index contributed by atoms with van der Waals surface area (Å²) in [4.78, 5) is 16.5. The number of carbonyl (C=O) groups excluding carboxylic acids is 1. The number of rotatable bonds is 6. The molecule has 0 aliphatic heterocycles. The SMILES string of the molecule is CC(NC(=O)CCc1ccccn1)C1(c2ccc(Br)cc2)CC1. The smallest absolute Gasteiger partial charge is 0.220 e. The van der Waals surface area contributed by atoms with Crippen molar-refractivity contribution in [1.82, 2.24) is 10.3 Å². The van der Waals surface area contributed by atoms with Gasteiger partial charge in [-0.25, -0.2) is 0 Å². The largest absolute Gasteiger partial charge is 0.353 e. The Morgan fingerprint density at radius 3 is 2.61 bits per heavy atom. The molecule has 1 unspecified atom stereocenters. The van der Waals surface area contributed by atoms with E-state index in [1.807, 2.05) is 18.2 Å². The molecule has 1 aliphatic rings. The normalized spacial score (nSPS) is 16.6. The van der Waals surface area contributed by atoms with Crippen molar-refractivity contribution in [2.75, 3.05) is 0 Å². The molecule has 0 saturated heterocycles. The van der Waals surface area contributed by atoms with Gasteiger partial charge < -0.3 is 5.32 Å². The van der Waals surface area contributed by atoms with Gasteiger partial charge in [0, 0.05) is 34.2 Å². The number of aryl methyl sites for hydroxylation is 1. The van der Waals surface area contributed by atoms with Gasteiger partial charge >= 0.3 is 0 Å². The van der Waals surface area contributed by atoms with Gasteiger partial charge in [-0.3, -0.25) is 9.78 Å². The molecule has 1 N–H and O–H groups in total. The van der Waals surface area contributed by atoms with Crippen LogP contribution in [0, 0.1) is 0 Å². The highest BCUT2D eigenvalue weighted by Crippen LogP contribution is 2.51. The number of halogens is 1. The zero-order chi connectivity index (χ0) is 16.3. The Morgan fingerprint density at radius 2 is 2.00 bits per heavy atom. The van der Waals surface area contributed by atoms with E-state index >= 15 is 0 Å². The quantitative estimate of drug-likeness (QED) is 0.831. The van der Waals surface area contributed by atoms with Gasteiger partial charge in [-0.15, -0.1) is 0 Å². The van der Waals surface area contributed by atoms with Crippen molar-refractivity contribution in [2.45, 2.75) is 44.1 Å². The minimum absolute atomic E-state index is 0.103. The number of pyridine rings is 1. The molecule has 1 aliphatic carbocycles. The molecule has 1 heterocycles. The number of nitrogens with one attached hydrogen (secondary N) is 1. The third-order valence-electron chi connectivity index (χ3n) is 4.75.